The Labute approximate surface area is 182 Å². The molecule has 0 spiro atoms. The van der Waals surface area contributed by atoms with Crippen LogP contribution in [-0.2, 0) is 15.7 Å². The van der Waals surface area contributed by atoms with Gasteiger partial charge in [0, 0.05) is 12.1 Å². The van der Waals surface area contributed by atoms with Gasteiger partial charge in [-0.3, -0.25) is 9.59 Å². The Morgan fingerprint density at radius 3 is 2.76 bits per heavy atom. The minimum Gasteiger partial charge on any atom is -0.466 e. The van der Waals surface area contributed by atoms with Crippen molar-refractivity contribution in [2.45, 2.75) is 36.9 Å². The number of piperidine rings is 1. The number of aromatic nitrogens is 1. The van der Waals surface area contributed by atoms with Gasteiger partial charge in [-0.05, 0) is 38.8 Å². The molecule has 1 aliphatic heterocycles. The van der Waals surface area contributed by atoms with E-state index in [0.29, 0.717) is 29.1 Å². The number of halogens is 4. The van der Waals surface area contributed by atoms with Crippen LogP contribution in [0, 0.1) is 12.8 Å². The van der Waals surface area contributed by atoms with E-state index in [4.69, 9.17) is 4.74 Å². The van der Waals surface area contributed by atoms with Crippen molar-refractivity contribution in [3.63, 3.8) is 0 Å². The number of ether oxygens (including phenoxy) is 1. The van der Waals surface area contributed by atoms with Gasteiger partial charge < -0.3 is 14.2 Å². The summed E-state index contributed by atoms with van der Waals surface area (Å²) < 4.78 is 48.0. The number of thiophene rings is 1. The van der Waals surface area contributed by atoms with Crippen molar-refractivity contribution in [1.82, 2.24) is 10.1 Å². The number of hydrogen-bond acceptors (Lipinski definition) is 6. The fraction of sp³-hybridized carbons (Fsp3) is 0.500. The monoisotopic (exact) mass is 542 g/mol. The van der Waals surface area contributed by atoms with Crippen LogP contribution in [0.25, 0.3) is 10.6 Å². The molecule has 0 radical (unpaired) electrons. The van der Waals surface area contributed by atoms with Crippen LogP contribution in [0.2, 0.25) is 0 Å². The summed E-state index contributed by atoms with van der Waals surface area (Å²) in [5.41, 5.74) is -0.0547. The third kappa shape index (κ3) is 4.44. The summed E-state index contributed by atoms with van der Waals surface area (Å²) in [6.45, 7) is 3.79. The average Bonchev–Trinajstić information content (AvgIpc) is 3.27. The molecule has 6 nitrogen and oxygen atoms in total. The molecule has 29 heavy (non-hydrogen) atoms. The number of esters is 1. The van der Waals surface area contributed by atoms with Crippen molar-refractivity contribution in [3.8, 4) is 10.6 Å². The molecule has 2 aromatic heterocycles. The Balaban J connectivity index is 1.81. The molecule has 11 heteroatoms. The summed E-state index contributed by atoms with van der Waals surface area (Å²) >= 11 is 3.12. The molecular weight excluding hydrogens is 524 g/mol. The van der Waals surface area contributed by atoms with Crippen molar-refractivity contribution < 1.29 is 32.0 Å². The molecule has 0 aliphatic carbocycles. The topological polar surface area (TPSA) is 72.6 Å². The molecule has 0 saturated carbocycles. The van der Waals surface area contributed by atoms with Crippen LogP contribution in [0.1, 0.15) is 40.8 Å². The maximum Gasteiger partial charge on any atom is 0.452 e. The molecule has 1 saturated heterocycles. The molecule has 2 unspecified atom stereocenters. The summed E-state index contributed by atoms with van der Waals surface area (Å²) in [6, 6.07) is 3.11. The smallest absolute Gasteiger partial charge is 0.452 e. The largest absolute Gasteiger partial charge is 0.466 e. The molecule has 3 rings (SSSR count). The lowest BCUT2D eigenvalue weighted by Gasteiger charge is -2.36. The van der Waals surface area contributed by atoms with Crippen LogP contribution in [0.4, 0.5) is 13.2 Å². The highest BCUT2D eigenvalue weighted by Gasteiger charge is 2.40. The lowest BCUT2D eigenvalue weighted by molar-refractivity contribution is -0.156. The van der Waals surface area contributed by atoms with E-state index < -0.39 is 17.9 Å². The van der Waals surface area contributed by atoms with Crippen molar-refractivity contribution in [2.75, 3.05) is 13.2 Å². The minimum absolute atomic E-state index is 0.0652. The van der Waals surface area contributed by atoms with Crippen LogP contribution in [-0.4, -0.2) is 39.1 Å². The Morgan fingerprint density at radius 2 is 2.14 bits per heavy atom. The van der Waals surface area contributed by atoms with Crippen LogP contribution in [0.15, 0.2) is 16.7 Å². The third-order valence-corrected chi connectivity index (χ3v) is 7.25. The van der Waals surface area contributed by atoms with E-state index in [1.807, 2.05) is 0 Å². The van der Waals surface area contributed by atoms with Gasteiger partial charge in [-0.15, -0.1) is 11.3 Å². The Hall–Kier alpha value is -1.63. The normalized spacial score (nSPS) is 20.0. The highest BCUT2D eigenvalue weighted by atomic mass is 127. The molecule has 1 aliphatic rings. The van der Waals surface area contributed by atoms with Crippen LogP contribution in [0.5, 0.6) is 0 Å². The lowest BCUT2D eigenvalue weighted by atomic mass is 9.98. The second kappa shape index (κ2) is 8.62. The molecule has 0 N–H and O–H groups in total. The predicted molar refractivity (Wildman–Crippen MR) is 108 cm³/mol. The molecule has 158 valence electrons. The van der Waals surface area contributed by atoms with Gasteiger partial charge in [0.1, 0.15) is 5.69 Å². The predicted octanol–water partition coefficient (Wildman–Crippen LogP) is 4.91. The quantitative estimate of drug-likeness (QED) is 0.238. The number of alkyl halides is 4. The van der Waals surface area contributed by atoms with Gasteiger partial charge in [0.25, 0.3) is 5.91 Å². The van der Waals surface area contributed by atoms with E-state index >= 15 is 0 Å². The molecule has 0 aromatic carbocycles. The first-order chi connectivity index (χ1) is 13.6. The first kappa shape index (κ1) is 22.1. The van der Waals surface area contributed by atoms with Crippen LogP contribution in [0.3, 0.4) is 0 Å². The van der Waals surface area contributed by atoms with Gasteiger partial charge in [-0.25, -0.2) is 0 Å². The summed E-state index contributed by atoms with van der Waals surface area (Å²) in [6.07, 6.45) is -3.32. The van der Waals surface area contributed by atoms with E-state index in [-0.39, 0.29) is 33.8 Å². The van der Waals surface area contributed by atoms with Gasteiger partial charge in [-0.2, -0.15) is 13.2 Å². The second-order valence-electron chi connectivity index (χ2n) is 6.52. The fourth-order valence-electron chi connectivity index (χ4n) is 3.20. The zero-order valence-corrected chi connectivity index (χ0v) is 18.6. The first-order valence-corrected chi connectivity index (χ1v) is 11.0. The average molecular weight is 542 g/mol. The Bertz CT molecular complexity index is 911. The molecule has 2 atom stereocenters. The number of hydrogen-bond donors (Lipinski definition) is 0. The van der Waals surface area contributed by atoms with E-state index in [2.05, 4.69) is 32.3 Å². The molecular formula is C18H18F3IN2O4S. The first-order valence-electron chi connectivity index (χ1n) is 8.90. The number of nitrogens with zero attached hydrogens (tertiary/aromatic N) is 2. The van der Waals surface area contributed by atoms with Crippen molar-refractivity contribution >= 4 is 45.8 Å². The zero-order valence-electron chi connectivity index (χ0n) is 15.6. The van der Waals surface area contributed by atoms with Gasteiger partial charge in [0.2, 0.25) is 5.76 Å². The highest BCUT2D eigenvalue weighted by molar-refractivity contribution is 14.1. The maximum atomic E-state index is 13.0. The van der Waals surface area contributed by atoms with E-state index in [0.717, 1.165) is 11.3 Å². The van der Waals surface area contributed by atoms with Gasteiger partial charge >= 0.3 is 12.1 Å². The maximum absolute atomic E-state index is 13.0. The summed E-state index contributed by atoms with van der Waals surface area (Å²) in [7, 11) is 0. The van der Waals surface area contributed by atoms with Crippen LogP contribution >= 0.6 is 33.9 Å². The van der Waals surface area contributed by atoms with Crippen molar-refractivity contribution in [3.05, 3.63) is 28.3 Å². The lowest BCUT2D eigenvalue weighted by Crippen LogP contribution is -2.47. The van der Waals surface area contributed by atoms with Gasteiger partial charge in [0.15, 0.2) is 0 Å². The highest BCUT2D eigenvalue weighted by Crippen LogP contribution is 2.39. The van der Waals surface area contributed by atoms with E-state index in [9.17, 15) is 22.8 Å². The fourth-order valence-corrected chi connectivity index (χ4v) is 5.39. The van der Waals surface area contributed by atoms with Crippen molar-refractivity contribution in [1.29, 1.82) is 0 Å². The molecule has 3 heterocycles. The molecule has 1 fully saturated rings. The summed E-state index contributed by atoms with van der Waals surface area (Å²) in [5.74, 6) is -2.14. The molecule has 2 aromatic rings. The second-order valence-corrected chi connectivity index (χ2v) is 8.88. The number of carbonyl (C=O) groups excluding carboxylic acids is 2. The standard InChI is InChI=1S/C18H18F3IN2O4S/c1-3-27-17(26)10-5-4-8-24(15(10)22)16(25)12-7-6-11(29-12)13-9(2)14(28-23-13)18(19,20)21/h6-7,10,15H,3-5,8H2,1-2H3. The number of carbonyl (C=O) groups is 2. The van der Waals surface area contributed by atoms with Gasteiger partial charge in [0.05, 0.1) is 26.3 Å². The number of rotatable bonds is 4. The number of amides is 1. The Kier molecular flexibility index (Phi) is 6.56. The van der Waals surface area contributed by atoms with Crippen LogP contribution < -0.4 is 0 Å². The van der Waals surface area contributed by atoms with E-state index in [1.165, 1.54) is 6.92 Å². The summed E-state index contributed by atoms with van der Waals surface area (Å²) in [5, 5.41) is 3.54. The van der Waals surface area contributed by atoms with E-state index in [1.54, 1.807) is 24.0 Å². The minimum atomic E-state index is -4.63. The summed E-state index contributed by atoms with van der Waals surface area (Å²) in [4.78, 5) is 27.5. The molecule has 0 bridgehead atoms. The van der Waals surface area contributed by atoms with Crippen molar-refractivity contribution in [2.24, 2.45) is 5.92 Å². The Morgan fingerprint density at radius 1 is 1.41 bits per heavy atom. The number of likely N-dealkylation sites (tertiary alicyclic amines) is 1. The third-order valence-electron chi connectivity index (χ3n) is 4.63. The SMILES string of the molecule is CCOC(=O)C1CCCN(C(=O)c2ccc(-c3noc(C(F)(F)F)c3C)s2)C1I. The molecule has 1 amide bonds. The zero-order chi connectivity index (χ0) is 21.3. The van der Waals surface area contributed by atoms with Gasteiger partial charge in [-0.1, -0.05) is 27.7 Å².